The smallest absolute Gasteiger partial charge is 0.0817 e. The Kier molecular flexibility index (Phi) is 4.36. The topological polar surface area (TPSA) is 24.7 Å². The fourth-order valence-electron chi connectivity index (χ4n) is 6.64. The summed E-state index contributed by atoms with van der Waals surface area (Å²) in [5, 5.41) is 9.41. The number of benzene rings is 7. The first-order valence-corrected chi connectivity index (χ1v) is 13.7. The lowest BCUT2D eigenvalue weighted by molar-refractivity contribution is 1.36. The predicted octanol–water partition coefficient (Wildman–Crippen LogP) is 8.81. The van der Waals surface area contributed by atoms with Crippen molar-refractivity contribution in [1.82, 2.24) is 0 Å². The predicted molar refractivity (Wildman–Crippen MR) is 164 cm³/mol. The molecule has 0 unspecified atom stereocenters. The third-order valence-electron chi connectivity index (χ3n) is 8.40. The molecule has 0 aliphatic carbocycles. The highest BCUT2D eigenvalue weighted by Gasteiger charge is 2.27. The Labute approximate surface area is 230 Å². The first-order valence-electron chi connectivity index (χ1n) is 13.7. The van der Waals surface area contributed by atoms with Crippen LogP contribution in [0.2, 0.25) is 0 Å². The monoisotopic (exact) mass is 506 g/mol. The Balaban J connectivity index is 1.45. The van der Waals surface area contributed by atoms with Gasteiger partial charge >= 0.3 is 0 Å². The van der Waals surface area contributed by atoms with Crippen molar-refractivity contribution in [3.05, 3.63) is 155 Å². The minimum absolute atomic E-state index is 0.988. The molecule has 0 radical (unpaired) electrons. The van der Waals surface area contributed by atoms with Crippen molar-refractivity contribution in [2.24, 2.45) is 9.98 Å². The average molecular weight is 507 g/mol. The van der Waals surface area contributed by atoms with Crippen LogP contribution in [0.3, 0.4) is 0 Å². The van der Waals surface area contributed by atoms with E-state index in [1.807, 2.05) is 0 Å². The highest BCUT2D eigenvalue weighted by molar-refractivity contribution is 6.15. The molecular weight excluding hydrogens is 484 g/mol. The van der Waals surface area contributed by atoms with Gasteiger partial charge in [0.1, 0.15) is 0 Å². The fraction of sp³-hybridized carbons (Fsp3) is 0. The van der Waals surface area contributed by atoms with E-state index in [-0.39, 0.29) is 0 Å². The van der Waals surface area contributed by atoms with E-state index in [2.05, 4.69) is 133 Å². The molecule has 2 heterocycles. The summed E-state index contributed by atoms with van der Waals surface area (Å²) in [6, 6.07) is 47.8. The normalized spacial score (nSPS) is 12.4. The van der Waals surface area contributed by atoms with Crippen LogP contribution in [0.4, 0.5) is 11.4 Å². The summed E-state index contributed by atoms with van der Waals surface area (Å²) in [6.07, 6.45) is 0. The summed E-state index contributed by atoms with van der Waals surface area (Å²) in [4.78, 5) is 10.3. The minimum Gasteiger partial charge on any atom is -0.248 e. The minimum atomic E-state index is 0.988. The molecule has 0 saturated heterocycles. The lowest BCUT2D eigenvalue weighted by Crippen LogP contribution is -2.01. The van der Waals surface area contributed by atoms with Gasteiger partial charge in [-0.05, 0) is 62.5 Å². The van der Waals surface area contributed by atoms with E-state index in [0.717, 1.165) is 27.7 Å². The van der Waals surface area contributed by atoms with E-state index in [1.165, 1.54) is 59.8 Å². The van der Waals surface area contributed by atoms with Gasteiger partial charge in [-0.3, -0.25) is 0 Å². The number of rotatable bonds is 2. The Morgan fingerprint density at radius 2 is 1.20 bits per heavy atom. The van der Waals surface area contributed by atoms with E-state index in [9.17, 15) is 0 Å². The summed E-state index contributed by atoms with van der Waals surface area (Å²) in [6.45, 7) is 0. The quantitative estimate of drug-likeness (QED) is 0.209. The van der Waals surface area contributed by atoms with E-state index in [4.69, 9.17) is 9.98 Å². The molecule has 7 aromatic carbocycles. The largest absolute Gasteiger partial charge is 0.248 e. The molecule has 0 spiro atoms. The average Bonchev–Trinajstić information content (AvgIpc) is 3.59. The summed E-state index contributed by atoms with van der Waals surface area (Å²) in [7, 11) is 0. The molecule has 0 atom stereocenters. The van der Waals surface area contributed by atoms with Crippen molar-refractivity contribution in [2.45, 2.75) is 0 Å². The fourth-order valence-corrected chi connectivity index (χ4v) is 6.64. The molecule has 0 bridgehead atoms. The second-order valence-electron chi connectivity index (χ2n) is 10.5. The van der Waals surface area contributed by atoms with Crippen molar-refractivity contribution in [2.75, 3.05) is 0 Å². The second-order valence-corrected chi connectivity index (χ2v) is 10.5. The molecule has 0 N–H and O–H groups in total. The third kappa shape index (κ3) is 2.93. The second kappa shape index (κ2) is 8.08. The maximum Gasteiger partial charge on any atom is 0.0817 e. The summed E-state index contributed by atoms with van der Waals surface area (Å²) >= 11 is 0. The molecule has 0 aromatic heterocycles. The van der Waals surface area contributed by atoms with Crippen molar-refractivity contribution >= 4 is 32.9 Å². The van der Waals surface area contributed by atoms with Crippen LogP contribution in [0.5, 0.6) is 0 Å². The van der Waals surface area contributed by atoms with Gasteiger partial charge < -0.3 is 0 Å². The molecule has 9 rings (SSSR count). The first kappa shape index (κ1) is 21.6. The van der Waals surface area contributed by atoms with Crippen LogP contribution >= 0.6 is 0 Å². The van der Waals surface area contributed by atoms with Crippen molar-refractivity contribution in [1.29, 1.82) is 0 Å². The lowest BCUT2D eigenvalue weighted by Gasteiger charge is -2.19. The van der Waals surface area contributed by atoms with Gasteiger partial charge in [-0.15, -0.1) is 0 Å². The molecule has 0 amide bonds. The van der Waals surface area contributed by atoms with Crippen LogP contribution < -0.4 is 10.7 Å². The SMILES string of the molecule is c1ccc(-c2ccc3c(c2-c2cccc4c2ccc2ccccc24)-c2c4c(ccc2=N3)=c2ccccc2=N4)cc1. The van der Waals surface area contributed by atoms with E-state index < -0.39 is 0 Å². The summed E-state index contributed by atoms with van der Waals surface area (Å²) < 4.78 is 0. The van der Waals surface area contributed by atoms with Gasteiger partial charge in [-0.1, -0.05) is 109 Å². The summed E-state index contributed by atoms with van der Waals surface area (Å²) in [5.74, 6) is 0. The maximum absolute atomic E-state index is 5.17. The van der Waals surface area contributed by atoms with Crippen LogP contribution in [-0.2, 0) is 0 Å². The van der Waals surface area contributed by atoms with E-state index in [0.29, 0.717) is 0 Å². The lowest BCUT2D eigenvalue weighted by atomic mass is 9.84. The molecule has 2 aliphatic rings. The van der Waals surface area contributed by atoms with Gasteiger partial charge in [0.15, 0.2) is 0 Å². The van der Waals surface area contributed by atoms with Gasteiger partial charge in [0.25, 0.3) is 0 Å². The first-order chi connectivity index (χ1) is 19.8. The zero-order valence-electron chi connectivity index (χ0n) is 21.6. The number of fused-ring (bicyclic) bond motifs is 9. The van der Waals surface area contributed by atoms with Crippen molar-refractivity contribution in [3.8, 4) is 33.4 Å². The molecule has 40 heavy (non-hydrogen) atoms. The van der Waals surface area contributed by atoms with Crippen molar-refractivity contribution in [3.63, 3.8) is 0 Å². The van der Waals surface area contributed by atoms with Gasteiger partial charge in [-0.2, -0.15) is 0 Å². The highest BCUT2D eigenvalue weighted by Crippen LogP contribution is 2.50. The third-order valence-corrected chi connectivity index (χ3v) is 8.40. The van der Waals surface area contributed by atoms with Crippen molar-refractivity contribution < 1.29 is 0 Å². The Hall–Kier alpha value is -5.34. The van der Waals surface area contributed by atoms with Gasteiger partial charge in [0.05, 0.1) is 22.1 Å². The van der Waals surface area contributed by atoms with E-state index >= 15 is 0 Å². The number of para-hydroxylation sites is 1. The van der Waals surface area contributed by atoms with Gasteiger partial charge in [0, 0.05) is 27.1 Å². The standard InChI is InChI=1S/C38H22N2/c1-2-9-23(10-3-1)26-19-21-33-36(37-34(39-33)22-20-31-29-13-6-7-16-32(29)40-38(31)37)35(26)30-15-8-14-27-25-12-5-4-11-24(25)17-18-28(27)30/h1-22H. The molecule has 184 valence electrons. The number of nitrogens with zero attached hydrogens (tertiary/aromatic N) is 2. The summed E-state index contributed by atoms with van der Waals surface area (Å²) in [5.41, 5.74) is 9.16. The number of hydrogen-bond acceptors (Lipinski definition) is 2. The molecule has 2 nitrogen and oxygen atoms in total. The maximum atomic E-state index is 5.17. The molecule has 2 heteroatoms. The van der Waals surface area contributed by atoms with Crippen LogP contribution in [0.25, 0.3) is 54.9 Å². The Bertz CT molecular complexity index is 2420. The zero-order chi connectivity index (χ0) is 26.2. The van der Waals surface area contributed by atoms with Gasteiger partial charge in [0.2, 0.25) is 0 Å². The van der Waals surface area contributed by atoms with Gasteiger partial charge in [-0.25, -0.2) is 9.98 Å². The molecule has 0 saturated carbocycles. The molecule has 0 fully saturated rings. The van der Waals surface area contributed by atoms with Crippen LogP contribution in [0.1, 0.15) is 0 Å². The Morgan fingerprint density at radius 3 is 2.15 bits per heavy atom. The van der Waals surface area contributed by atoms with E-state index in [1.54, 1.807) is 0 Å². The zero-order valence-corrected chi connectivity index (χ0v) is 21.6. The van der Waals surface area contributed by atoms with Crippen LogP contribution in [0.15, 0.2) is 143 Å². The van der Waals surface area contributed by atoms with Crippen LogP contribution in [0, 0.1) is 10.4 Å². The molecule has 2 aliphatic heterocycles. The highest BCUT2D eigenvalue weighted by atomic mass is 14.8. The number of hydrogen-bond donors (Lipinski definition) is 0. The molecular formula is C38H22N2. The molecule has 7 aromatic rings. The van der Waals surface area contributed by atoms with Crippen LogP contribution in [-0.4, -0.2) is 0 Å². The Morgan fingerprint density at radius 1 is 0.375 bits per heavy atom.